The summed E-state index contributed by atoms with van der Waals surface area (Å²) in [4.78, 5) is 0. The third-order valence-electron chi connectivity index (χ3n) is 5.03. The molecule has 0 aliphatic rings. The van der Waals surface area contributed by atoms with E-state index in [0.717, 1.165) is 18.6 Å². The van der Waals surface area contributed by atoms with Crippen molar-refractivity contribution in [3.05, 3.63) is 59.7 Å². The van der Waals surface area contributed by atoms with Gasteiger partial charge in [-0.05, 0) is 55.2 Å². The fourth-order valence-corrected chi connectivity index (χ4v) is 2.66. The van der Waals surface area contributed by atoms with Gasteiger partial charge in [-0.15, -0.1) is 0 Å². The van der Waals surface area contributed by atoms with Gasteiger partial charge in [-0.3, -0.25) is 0 Å². The van der Waals surface area contributed by atoms with Crippen molar-refractivity contribution in [2.75, 3.05) is 0 Å². The number of aromatic hydroxyl groups is 1. The van der Waals surface area contributed by atoms with Crippen LogP contribution in [0.3, 0.4) is 0 Å². The summed E-state index contributed by atoms with van der Waals surface area (Å²) in [6.45, 7) is 10.9. The molecular weight excluding hydrogens is 284 g/mol. The molecule has 2 heteroatoms. The third kappa shape index (κ3) is 3.87. The standard InChI is InChI=1S/C21H28O2/c1-6-21(5,7-2)23-19-14-10-17(11-15-19)20(3,4)16-8-12-18(22)13-9-16/h8-15,22H,6-7H2,1-5H3. The Kier molecular flexibility index (Phi) is 5.03. The molecule has 0 bridgehead atoms. The highest BCUT2D eigenvalue weighted by molar-refractivity contribution is 5.41. The molecule has 2 aromatic rings. The van der Waals surface area contributed by atoms with E-state index in [1.807, 2.05) is 12.1 Å². The fourth-order valence-electron chi connectivity index (χ4n) is 2.66. The van der Waals surface area contributed by atoms with Crippen LogP contribution in [0.2, 0.25) is 0 Å². The fraction of sp³-hybridized carbons (Fsp3) is 0.429. The molecule has 2 aromatic carbocycles. The molecule has 0 saturated heterocycles. The maximum absolute atomic E-state index is 9.47. The predicted octanol–water partition coefficient (Wildman–Crippen LogP) is 5.68. The highest BCUT2D eigenvalue weighted by Crippen LogP contribution is 2.34. The van der Waals surface area contributed by atoms with Crippen LogP contribution in [0.15, 0.2) is 48.5 Å². The van der Waals surface area contributed by atoms with E-state index in [9.17, 15) is 5.11 Å². The second-order valence-electron chi connectivity index (χ2n) is 6.96. The van der Waals surface area contributed by atoms with Crippen molar-refractivity contribution < 1.29 is 9.84 Å². The SMILES string of the molecule is CCC(C)(CC)Oc1ccc(C(C)(C)c2ccc(O)cc2)cc1. The lowest BCUT2D eigenvalue weighted by molar-refractivity contribution is 0.0802. The first-order valence-electron chi connectivity index (χ1n) is 8.40. The van der Waals surface area contributed by atoms with Gasteiger partial charge in [0.05, 0.1) is 0 Å². The monoisotopic (exact) mass is 312 g/mol. The largest absolute Gasteiger partial charge is 0.508 e. The van der Waals surface area contributed by atoms with Crippen molar-refractivity contribution in [2.24, 2.45) is 0 Å². The summed E-state index contributed by atoms with van der Waals surface area (Å²) < 4.78 is 6.16. The predicted molar refractivity (Wildman–Crippen MR) is 96.3 cm³/mol. The minimum Gasteiger partial charge on any atom is -0.508 e. The van der Waals surface area contributed by atoms with Crippen LogP contribution >= 0.6 is 0 Å². The summed E-state index contributed by atoms with van der Waals surface area (Å²) >= 11 is 0. The second kappa shape index (κ2) is 6.66. The van der Waals surface area contributed by atoms with Gasteiger partial charge in [0.25, 0.3) is 0 Å². The van der Waals surface area contributed by atoms with Crippen molar-refractivity contribution in [2.45, 2.75) is 58.5 Å². The highest BCUT2D eigenvalue weighted by Gasteiger charge is 2.24. The van der Waals surface area contributed by atoms with E-state index in [-0.39, 0.29) is 11.0 Å². The molecule has 0 atom stereocenters. The number of hydrogen-bond donors (Lipinski definition) is 1. The molecule has 0 aromatic heterocycles. The van der Waals surface area contributed by atoms with Crippen LogP contribution in [0, 0.1) is 0 Å². The smallest absolute Gasteiger partial charge is 0.120 e. The van der Waals surface area contributed by atoms with Gasteiger partial charge in [-0.2, -0.15) is 0 Å². The number of hydrogen-bond acceptors (Lipinski definition) is 2. The van der Waals surface area contributed by atoms with Crippen molar-refractivity contribution in [3.8, 4) is 11.5 Å². The summed E-state index contributed by atoms with van der Waals surface area (Å²) in [5, 5.41) is 9.47. The number of rotatable bonds is 6. The first-order chi connectivity index (χ1) is 10.8. The van der Waals surface area contributed by atoms with Gasteiger partial charge in [0.1, 0.15) is 17.1 Å². The van der Waals surface area contributed by atoms with Crippen molar-refractivity contribution in [3.63, 3.8) is 0 Å². The van der Waals surface area contributed by atoms with Crippen LogP contribution in [0.4, 0.5) is 0 Å². The molecule has 0 saturated carbocycles. The Labute approximate surface area is 140 Å². The van der Waals surface area contributed by atoms with E-state index >= 15 is 0 Å². The summed E-state index contributed by atoms with van der Waals surface area (Å²) in [7, 11) is 0. The first-order valence-corrected chi connectivity index (χ1v) is 8.40. The van der Waals surface area contributed by atoms with Crippen LogP contribution in [-0.4, -0.2) is 10.7 Å². The highest BCUT2D eigenvalue weighted by atomic mass is 16.5. The molecule has 0 radical (unpaired) electrons. The molecule has 0 spiro atoms. The maximum Gasteiger partial charge on any atom is 0.120 e. The van der Waals surface area contributed by atoms with E-state index in [4.69, 9.17) is 4.74 Å². The average molecular weight is 312 g/mol. The van der Waals surface area contributed by atoms with Crippen LogP contribution < -0.4 is 4.74 Å². The van der Waals surface area contributed by atoms with Crippen LogP contribution in [-0.2, 0) is 5.41 Å². The quantitative estimate of drug-likeness (QED) is 0.744. The van der Waals surface area contributed by atoms with Crippen molar-refractivity contribution in [1.82, 2.24) is 0 Å². The molecule has 0 heterocycles. The molecule has 0 aliphatic heterocycles. The number of phenols is 1. The molecule has 23 heavy (non-hydrogen) atoms. The lowest BCUT2D eigenvalue weighted by Crippen LogP contribution is -2.30. The van der Waals surface area contributed by atoms with Gasteiger partial charge < -0.3 is 9.84 Å². The van der Waals surface area contributed by atoms with Crippen LogP contribution in [0.25, 0.3) is 0 Å². The number of benzene rings is 2. The molecule has 124 valence electrons. The molecule has 0 amide bonds. The zero-order valence-electron chi connectivity index (χ0n) is 14.9. The zero-order valence-corrected chi connectivity index (χ0v) is 14.9. The Morgan fingerprint density at radius 1 is 0.783 bits per heavy atom. The molecule has 1 N–H and O–H groups in total. The first kappa shape index (κ1) is 17.4. The van der Waals surface area contributed by atoms with E-state index in [0.29, 0.717) is 5.75 Å². The van der Waals surface area contributed by atoms with Gasteiger partial charge in [0.15, 0.2) is 0 Å². The molecule has 2 rings (SSSR count). The number of phenolic OH excluding ortho intramolecular Hbond substituents is 1. The van der Waals surface area contributed by atoms with Crippen LogP contribution in [0.5, 0.6) is 11.5 Å². The molecule has 0 fully saturated rings. The van der Waals surface area contributed by atoms with Gasteiger partial charge in [0.2, 0.25) is 0 Å². The molecule has 0 aliphatic carbocycles. The zero-order chi connectivity index (χ0) is 17.1. The summed E-state index contributed by atoms with van der Waals surface area (Å²) in [6.07, 6.45) is 1.98. The summed E-state index contributed by atoms with van der Waals surface area (Å²) in [5.74, 6) is 1.22. The number of ether oxygens (including phenoxy) is 1. The van der Waals surface area contributed by atoms with Crippen molar-refractivity contribution >= 4 is 0 Å². The van der Waals surface area contributed by atoms with Gasteiger partial charge in [-0.25, -0.2) is 0 Å². The molecular formula is C21H28O2. The topological polar surface area (TPSA) is 29.5 Å². The van der Waals surface area contributed by atoms with Crippen LogP contribution in [0.1, 0.15) is 58.6 Å². The minimum atomic E-state index is -0.120. The maximum atomic E-state index is 9.47. The summed E-state index contributed by atoms with van der Waals surface area (Å²) in [5.41, 5.74) is 2.18. The third-order valence-corrected chi connectivity index (χ3v) is 5.03. The minimum absolute atomic E-state index is 0.103. The molecule has 0 unspecified atom stereocenters. The van der Waals surface area contributed by atoms with E-state index in [1.165, 1.54) is 11.1 Å². The van der Waals surface area contributed by atoms with Gasteiger partial charge >= 0.3 is 0 Å². The Balaban J connectivity index is 2.23. The Morgan fingerprint density at radius 3 is 1.65 bits per heavy atom. The summed E-state index contributed by atoms with van der Waals surface area (Å²) in [6, 6.07) is 15.8. The van der Waals surface area contributed by atoms with Crippen molar-refractivity contribution in [1.29, 1.82) is 0 Å². The normalized spacial score (nSPS) is 12.2. The Bertz CT molecular complexity index is 620. The van der Waals surface area contributed by atoms with E-state index in [1.54, 1.807) is 12.1 Å². The second-order valence-corrected chi connectivity index (χ2v) is 6.96. The average Bonchev–Trinajstić information content (AvgIpc) is 2.55. The van der Waals surface area contributed by atoms with Gasteiger partial charge in [0, 0.05) is 5.41 Å². The lowest BCUT2D eigenvalue weighted by atomic mass is 9.78. The van der Waals surface area contributed by atoms with Gasteiger partial charge in [-0.1, -0.05) is 52.0 Å². The Morgan fingerprint density at radius 2 is 1.22 bits per heavy atom. The van der Waals surface area contributed by atoms with E-state index in [2.05, 4.69) is 58.9 Å². The Hall–Kier alpha value is -1.96. The lowest BCUT2D eigenvalue weighted by Gasteiger charge is -2.29. The molecule has 2 nitrogen and oxygen atoms in total. The van der Waals surface area contributed by atoms with E-state index < -0.39 is 0 Å².